The van der Waals surface area contributed by atoms with E-state index < -0.39 is 65.0 Å². The van der Waals surface area contributed by atoms with Crippen LogP contribution in [-0.2, 0) is 11.0 Å². The lowest BCUT2D eigenvalue weighted by Crippen LogP contribution is -2.48. The average molecular weight is 695 g/mol. The van der Waals surface area contributed by atoms with Gasteiger partial charge in [0.05, 0.1) is 24.2 Å². The zero-order valence-corrected chi connectivity index (χ0v) is 25.8. The maximum atomic E-state index is 14.9. The maximum Gasteiger partial charge on any atom is 0.419 e. The van der Waals surface area contributed by atoms with E-state index in [-0.39, 0.29) is 40.0 Å². The van der Waals surface area contributed by atoms with E-state index >= 15 is 0 Å². The summed E-state index contributed by atoms with van der Waals surface area (Å²) >= 11 is 0. The van der Waals surface area contributed by atoms with Crippen molar-refractivity contribution >= 4 is 17.5 Å². The lowest BCUT2D eigenvalue weighted by molar-refractivity contribution is -0.206. The Hall–Kier alpha value is -4.46. The van der Waals surface area contributed by atoms with E-state index in [2.05, 4.69) is 16.7 Å². The van der Waals surface area contributed by atoms with Gasteiger partial charge in [-0.25, -0.2) is 8.78 Å². The number of anilines is 1. The van der Waals surface area contributed by atoms with Crippen LogP contribution in [-0.4, -0.2) is 36.2 Å². The van der Waals surface area contributed by atoms with Gasteiger partial charge < -0.3 is 20.5 Å². The predicted molar refractivity (Wildman–Crippen MR) is 161 cm³/mol. The zero-order chi connectivity index (χ0) is 35.4. The highest BCUT2D eigenvalue weighted by Gasteiger charge is 2.55. The number of benzene rings is 3. The molecule has 49 heavy (non-hydrogen) atoms. The minimum absolute atomic E-state index is 0.00741. The molecule has 3 aromatic rings. The SMILES string of the molecule is COc1ccc(-c2cc(C(O)C(F)(F)F)ccc2F)cc1C(=O)NC1C2CCC(/C2=C/C2CC2)[C@@H]1C(=O)Nc1ccc(F)c(C(F)(F)F)c1. The molecule has 5 atom stereocenters. The largest absolute Gasteiger partial charge is 0.496 e. The number of methoxy groups -OCH3 is 1. The standard InChI is InChI=1S/C35H30F8N2O4/c1-49-28-11-5-17(22-14-18(4-9-26(22)36)31(46)35(41,42)43)13-24(28)32(47)45-30-21-8-7-20(23(21)12-16-2-3-16)29(30)33(48)44-19-6-10-27(37)25(15-19)34(38,39)40/h4-6,9-16,20-21,29-31,46H,2-3,7-8H2,1H3,(H,44,48)(H,45,47)/b23-12-/t20?,21?,29-,30?,31?/m0/s1. The van der Waals surface area contributed by atoms with Crippen molar-refractivity contribution in [2.24, 2.45) is 23.7 Å². The molecular weight excluding hydrogens is 664 g/mol. The summed E-state index contributed by atoms with van der Waals surface area (Å²) in [6.07, 6.45) is -7.62. The van der Waals surface area contributed by atoms with Gasteiger partial charge in [-0.05, 0) is 91.1 Å². The number of carbonyl (C=O) groups is 2. The number of hydrogen-bond acceptors (Lipinski definition) is 4. The van der Waals surface area contributed by atoms with Crippen molar-refractivity contribution in [3.63, 3.8) is 0 Å². The van der Waals surface area contributed by atoms with Crippen LogP contribution in [0.25, 0.3) is 11.1 Å². The van der Waals surface area contributed by atoms with Gasteiger partial charge in [-0.2, -0.15) is 26.3 Å². The van der Waals surface area contributed by atoms with Crippen LogP contribution in [0.4, 0.5) is 40.8 Å². The number of ether oxygens (including phenoxy) is 1. The van der Waals surface area contributed by atoms with E-state index in [1.165, 1.54) is 25.3 Å². The van der Waals surface area contributed by atoms with Crippen LogP contribution >= 0.6 is 0 Å². The average Bonchev–Trinajstić information content (AvgIpc) is 3.72. The number of alkyl halides is 6. The summed E-state index contributed by atoms with van der Waals surface area (Å²) in [6.45, 7) is 0. The first-order valence-corrected chi connectivity index (χ1v) is 15.5. The quantitative estimate of drug-likeness (QED) is 0.165. The van der Waals surface area contributed by atoms with E-state index in [9.17, 15) is 49.8 Å². The Morgan fingerprint density at radius 1 is 0.898 bits per heavy atom. The number of aliphatic hydroxyl groups excluding tert-OH is 1. The minimum atomic E-state index is -5.01. The Balaban J connectivity index is 1.31. The van der Waals surface area contributed by atoms with Crippen LogP contribution in [0.3, 0.4) is 0 Å². The second-order valence-corrected chi connectivity index (χ2v) is 12.6. The summed E-state index contributed by atoms with van der Waals surface area (Å²) in [5.41, 5.74) is -1.88. The summed E-state index contributed by atoms with van der Waals surface area (Å²) in [6, 6.07) is 7.61. The van der Waals surface area contributed by atoms with Crippen LogP contribution in [0.5, 0.6) is 5.75 Å². The first-order valence-electron chi connectivity index (χ1n) is 15.5. The van der Waals surface area contributed by atoms with Gasteiger partial charge in [0.1, 0.15) is 17.4 Å². The van der Waals surface area contributed by atoms with Crippen molar-refractivity contribution in [3.05, 3.63) is 94.6 Å². The van der Waals surface area contributed by atoms with Crippen molar-refractivity contribution < 1.29 is 54.6 Å². The molecule has 0 aromatic heterocycles. The molecule has 260 valence electrons. The first-order chi connectivity index (χ1) is 23.1. The molecule has 3 saturated carbocycles. The molecule has 3 N–H and O–H groups in total. The fourth-order valence-electron chi connectivity index (χ4n) is 7.01. The number of rotatable bonds is 8. The van der Waals surface area contributed by atoms with Crippen LogP contribution in [0, 0.1) is 35.3 Å². The Morgan fingerprint density at radius 2 is 1.59 bits per heavy atom. The fraction of sp³-hybridized carbons (Fsp3) is 0.371. The van der Waals surface area contributed by atoms with Crippen molar-refractivity contribution in [3.8, 4) is 16.9 Å². The minimum Gasteiger partial charge on any atom is -0.496 e. The molecule has 2 amide bonds. The van der Waals surface area contributed by atoms with E-state index in [0.717, 1.165) is 42.7 Å². The highest BCUT2D eigenvalue weighted by atomic mass is 19.4. The lowest BCUT2D eigenvalue weighted by atomic mass is 9.83. The molecule has 3 aliphatic rings. The van der Waals surface area contributed by atoms with Crippen molar-refractivity contribution in [2.75, 3.05) is 12.4 Å². The van der Waals surface area contributed by atoms with Crippen LogP contribution < -0.4 is 15.4 Å². The number of aliphatic hydroxyl groups is 1. The molecular formula is C35H30F8N2O4. The van der Waals surface area contributed by atoms with E-state index in [0.29, 0.717) is 30.9 Å². The smallest absolute Gasteiger partial charge is 0.419 e. The summed E-state index contributed by atoms with van der Waals surface area (Å²) in [5, 5.41) is 15.1. The van der Waals surface area contributed by atoms with Crippen LogP contribution in [0.2, 0.25) is 0 Å². The van der Waals surface area contributed by atoms with Gasteiger partial charge in [0.25, 0.3) is 5.91 Å². The number of halogens is 8. The maximum absolute atomic E-state index is 14.9. The lowest BCUT2D eigenvalue weighted by Gasteiger charge is -2.30. The number of amides is 2. The molecule has 4 unspecified atom stereocenters. The molecule has 3 fully saturated rings. The number of nitrogens with one attached hydrogen (secondary N) is 2. The molecule has 0 spiro atoms. The Labute approximate surface area is 275 Å². The summed E-state index contributed by atoms with van der Waals surface area (Å²) < 4.78 is 114. The molecule has 14 heteroatoms. The molecule has 0 radical (unpaired) electrons. The van der Waals surface area contributed by atoms with Crippen LogP contribution in [0.15, 0.2) is 66.2 Å². The van der Waals surface area contributed by atoms with Gasteiger partial charge in [-0.1, -0.05) is 23.8 Å². The van der Waals surface area contributed by atoms with E-state index in [1.54, 1.807) is 0 Å². The van der Waals surface area contributed by atoms with Crippen molar-refractivity contribution in [1.82, 2.24) is 5.32 Å². The van der Waals surface area contributed by atoms with Gasteiger partial charge in [0.15, 0.2) is 6.10 Å². The monoisotopic (exact) mass is 694 g/mol. The Morgan fingerprint density at radius 3 is 2.24 bits per heavy atom. The predicted octanol–water partition coefficient (Wildman–Crippen LogP) is 7.98. The molecule has 2 bridgehead atoms. The highest BCUT2D eigenvalue weighted by molar-refractivity contribution is 6.00. The number of hydrogen-bond donors (Lipinski definition) is 3. The third-order valence-corrected chi connectivity index (χ3v) is 9.46. The van der Waals surface area contributed by atoms with Gasteiger partial charge in [-0.3, -0.25) is 9.59 Å². The molecule has 0 aliphatic heterocycles. The normalized spacial score (nSPS) is 23.4. The zero-order valence-electron chi connectivity index (χ0n) is 25.8. The molecule has 3 aromatic carbocycles. The van der Waals surface area contributed by atoms with Crippen LogP contribution in [0.1, 0.15) is 53.3 Å². The van der Waals surface area contributed by atoms with Gasteiger partial charge in [0, 0.05) is 23.2 Å². The highest BCUT2D eigenvalue weighted by Crippen LogP contribution is 2.54. The van der Waals surface area contributed by atoms with E-state index in [1.807, 2.05) is 0 Å². The third-order valence-electron chi connectivity index (χ3n) is 9.46. The second-order valence-electron chi connectivity index (χ2n) is 12.6. The number of fused-ring (bicyclic) bond motifs is 2. The van der Waals surface area contributed by atoms with Gasteiger partial charge >= 0.3 is 12.4 Å². The Kier molecular flexibility index (Phi) is 8.97. The molecule has 0 saturated heterocycles. The molecule has 6 nitrogen and oxygen atoms in total. The summed E-state index contributed by atoms with van der Waals surface area (Å²) in [5.74, 6) is -4.94. The number of allylic oxidation sites excluding steroid dienone is 1. The number of carbonyl (C=O) groups excluding carboxylic acids is 2. The summed E-state index contributed by atoms with van der Waals surface area (Å²) in [7, 11) is 1.27. The molecule has 6 rings (SSSR count). The van der Waals surface area contributed by atoms with Gasteiger partial charge in [-0.15, -0.1) is 0 Å². The molecule has 0 heterocycles. The summed E-state index contributed by atoms with van der Waals surface area (Å²) in [4.78, 5) is 27.7. The first kappa shape index (κ1) is 34.4. The van der Waals surface area contributed by atoms with Gasteiger partial charge in [0.2, 0.25) is 5.91 Å². The topological polar surface area (TPSA) is 87.7 Å². The third kappa shape index (κ3) is 6.87. The molecule has 3 aliphatic carbocycles. The van der Waals surface area contributed by atoms with Crippen molar-refractivity contribution in [2.45, 2.75) is 50.2 Å². The second kappa shape index (κ2) is 12.8. The van der Waals surface area contributed by atoms with E-state index in [4.69, 9.17) is 4.74 Å². The van der Waals surface area contributed by atoms with Crippen molar-refractivity contribution in [1.29, 1.82) is 0 Å². The Bertz CT molecular complexity index is 1820. The fourth-order valence-corrected chi connectivity index (χ4v) is 7.01.